The van der Waals surface area contributed by atoms with E-state index in [9.17, 15) is 18.0 Å². The van der Waals surface area contributed by atoms with Crippen LogP contribution < -0.4 is 10.2 Å². The third-order valence-corrected chi connectivity index (χ3v) is 5.43. The highest BCUT2D eigenvalue weighted by molar-refractivity contribution is 6.04. The molecule has 2 heterocycles. The number of halogens is 3. The molecule has 1 aromatic heterocycles. The van der Waals surface area contributed by atoms with E-state index in [0.717, 1.165) is 43.1 Å². The van der Waals surface area contributed by atoms with Crippen LogP contribution in [0.25, 0.3) is 0 Å². The van der Waals surface area contributed by atoms with Gasteiger partial charge in [0.2, 0.25) is 0 Å². The number of hydrogen-bond donors (Lipinski definition) is 1. The van der Waals surface area contributed by atoms with E-state index in [1.165, 1.54) is 6.07 Å². The molecule has 8 heteroatoms. The number of nitrogens with zero attached hydrogens (tertiary/aromatic N) is 3. The van der Waals surface area contributed by atoms with E-state index in [0.29, 0.717) is 24.5 Å². The third-order valence-electron chi connectivity index (χ3n) is 5.43. The lowest BCUT2D eigenvalue weighted by atomic mass is 10.1. The summed E-state index contributed by atoms with van der Waals surface area (Å²) in [5.41, 5.74) is 1.71. The Kier molecular flexibility index (Phi) is 6.41. The van der Waals surface area contributed by atoms with Gasteiger partial charge in [-0.15, -0.1) is 0 Å². The summed E-state index contributed by atoms with van der Waals surface area (Å²) in [6.45, 7) is 3.68. The number of anilines is 2. The molecule has 4 rings (SSSR count). The Morgan fingerprint density at radius 2 is 1.59 bits per heavy atom. The minimum atomic E-state index is -4.37. The lowest BCUT2D eigenvalue weighted by Crippen LogP contribution is -2.46. The molecular weight excluding hydrogens is 417 g/mol. The van der Waals surface area contributed by atoms with Crippen molar-refractivity contribution in [3.63, 3.8) is 0 Å². The van der Waals surface area contributed by atoms with Crippen LogP contribution in [0.4, 0.5) is 24.7 Å². The first-order valence-corrected chi connectivity index (χ1v) is 10.3. The SMILES string of the molecule is O=C(Nc1ccccc1)c1ccc(CN2CCN(c3ccc(C(F)(F)F)cn3)CC2)cc1. The molecule has 0 saturated carbocycles. The number of piperazine rings is 1. The largest absolute Gasteiger partial charge is 0.417 e. The van der Waals surface area contributed by atoms with Gasteiger partial charge in [-0.25, -0.2) is 4.98 Å². The van der Waals surface area contributed by atoms with Gasteiger partial charge in [-0.1, -0.05) is 30.3 Å². The predicted molar refractivity (Wildman–Crippen MR) is 118 cm³/mol. The molecule has 5 nitrogen and oxygen atoms in total. The number of para-hydroxylation sites is 1. The van der Waals surface area contributed by atoms with Crippen LogP contribution >= 0.6 is 0 Å². The first-order valence-electron chi connectivity index (χ1n) is 10.3. The van der Waals surface area contributed by atoms with Gasteiger partial charge < -0.3 is 10.2 Å². The molecule has 0 unspecified atom stereocenters. The first-order chi connectivity index (χ1) is 15.4. The van der Waals surface area contributed by atoms with Crippen LogP contribution in [0.2, 0.25) is 0 Å². The van der Waals surface area contributed by atoms with Crippen molar-refractivity contribution in [2.45, 2.75) is 12.7 Å². The standard InChI is InChI=1S/C24H23F3N4O/c25-24(26,27)20-10-11-22(28-16-20)31-14-12-30(13-15-31)17-18-6-8-19(9-7-18)23(32)29-21-4-2-1-3-5-21/h1-11,16H,12-15,17H2,(H,29,32). The molecule has 1 saturated heterocycles. The number of aromatic nitrogens is 1. The van der Waals surface area contributed by atoms with Gasteiger partial charge in [-0.2, -0.15) is 13.2 Å². The fraction of sp³-hybridized carbons (Fsp3) is 0.250. The zero-order valence-electron chi connectivity index (χ0n) is 17.3. The normalized spacial score (nSPS) is 14.9. The van der Waals surface area contributed by atoms with E-state index in [1.54, 1.807) is 0 Å². The smallest absolute Gasteiger partial charge is 0.354 e. The minimum Gasteiger partial charge on any atom is -0.354 e. The molecule has 32 heavy (non-hydrogen) atoms. The molecule has 0 aliphatic carbocycles. The molecule has 1 amide bonds. The maximum atomic E-state index is 12.7. The van der Waals surface area contributed by atoms with Gasteiger partial charge in [-0.05, 0) is 42.0 Å². The average Bonchev–Trinajstić information content (AvgIpc) is 2.80. The molecule has 2 aromatic carbocycles. The Labute approximate surface area is 184 Å². The van der Waals surface area contributed by atoms with Crippen LogP contribution in [-0.4, -0.2) is 42.0 Å². The van der Waals surface area contributed by atoms with Crippen LogP contribution in [0.15, 0.2) is 72.9 Å². The lowest BCUT2D eigenvalue weighted by Gasteiger charge is -2.35. The summed E-state index contributed by atoms with van der Waals surface area (Å²) in [5, 5.41) is 2.87. The quantitative estimate of drug-likeness (QED) is 0.626. The summed E-state index contributed by atoms with van der Waals surface area (Å²) in [6.07, 6.45) is -3.49. The Balaban J connectivity index is 1.28. The van der Waals surface area contributed by atoms with Crippen molar-refractivity contribution in [3.05, 3.63) is 89.6 Å². The molecule has 0 bridgehead atoms. The Bertz CT molecular complexity index is 1030. The highest BCUT2D eigenvalue weighted by atomic mass is 19.4. The molecule has 0 spiro atoms. The Morgan fingerprint density at radius 1 is 0.906 bits per heavy atom. The Hall–Kier alpha value is -3.39. The number of pyridine rings is 1. The summed E-state index contributed by atoms with van der Waals surface area (Å²) in [6, 6.07) is 19.3. The van der Waals surface area contributed by atoms with Crippen molar-refractivity contribution in [2.75, 3.05) is 36.4 Å². The van der Waals surface area contributed by atoms with Crippen LogP contribution in [0.1, 0.15) is 21.5 Å². The number of amides is 1. The fourth-order valence-electron chi connectivity index (χ4n) is 3.62. The van der Waals surface area contributed by atoms with E-state index in [4.69, 9.17) is 0 Å². The molecule has 1 fully saturated rings. The number of benzene rings is 2. The van der Waals surface area contributed by atoms with Crippen LogP contribution in [0, 0.1) is 0 Å². The van der Waals surface area contributed by atoms with Crippen molar-refractivity contribution in [2.24, 2.45) is 0 Å². The summed E-state index contributed by atoms with van der Waals surface area (Å²) >= 11 is 0. The summed E-state index contributed by atoms with van der Waals surface area (Å²) < 4.78 is 38.1. The van der Waals surface area contributed by atoms with E-state index in [1.807, 2.05) is 59.5 Å². The van der Waals surface area contributed by atoms with E-state index >= 15 is 0 Å². The highest BCUT2D eigenvalue weighted by Gasteiger charge is 2.31. The average molecular weight is 440 g/mol. The second-order valence-electron chi connectivity index (χ2n) is 7.68. The maximum Gasteiger partial charge on any atom is 0.417 e. The fourth-order valence-corrected chi connectivity index (χ4v) is 3.62. The lowest BCUT2D eigenvalue weighted by molar-refractivity contribution is -0.137. The zero-order chi connectivity index (χ0) is 22.6. The summed E-state index contributed by atoms with van der Waals surface area (Å²) in [4.78, 5) is 20.6. The van der Waals surface area contributed by atoms with Crippen molar-refractivity contribution >= 4 is 17.4 Å². The minimum absolute atomic E-state index is 0.152. The van der Waals surface area contributed by atoms with Crippen LogP contribution in [-0.2, 0) is 12.7 Å². The van der Waals surface area contributed by atoms with Crippen molar-refractivity contribution in [1.82, 2.24) is 9.88 Å². The number of carbonyl (C=O) groups is 1. The number of alkyl halides is 3. The highest BCUT2D eigenvalue weighted by Crippen LogP contribution is 2.29. The van der Waals surface area contributed by atoms with Gasteiger partial charge in [0.1, 0.15) is 5.82 Å². The number of rotatable bonds is 5. The molecule has 166 valence electrons. The van der Waals surface area contributed by atoms with Crippen molar-refractivity contribution < 1.29 is 18.0 Å². The maximum absolute atomic E-state index is 12.7. The first kappa shape index (κ1) is 21.8. The number of hydrogen-bond acceptors (Lipinski definition) is 4. The van der Waals surface area contributed by atoms with Gasteiger partial charge in [0.25, 0.3) is 5.91 Å². The molecule has 0 atom stereocenters. The summed E-state index contributed by atoms with van der Waals surface area (Å²) in [5.74, 6) is 0.409. The monoisotopic (exact) mass is 440 g/mol. The summed E-state index contributed by atoms with van der Waals surface area (Å²) in [7, 11) is 0. The van der Waals surface area contributed by atoms with Gasteiger partial charge in [0, 0.05) is 50.2 Å². The topological polar surface area (TPSA) is 48.5 Å². The zero-order valence-corrected chi connectivity index (χ0v) is 17.3. The van der Waals surface area contributed by atoms with E-state index in [-0.39, 0.29) is 5.91 Å². The third kappa shape index (κ3) is 5.45. The molecule has 1 aliphatic heterocycles. The molecular formula is C24H23F3N4O. The second-order valence-corrected chi connectivity index (χ2v) is 7.68. The second kappa shape index (κ2) is 9.40. The molecule has 3 aromatic rings. The van der Waals surface area contributed by atoms with Gasteiger partial charge in [0.05, 0.1) is 5.56 Å². The van der Waals surface area contributed by atoms with Crippen LogP contribution in [0.5, 0.6) is 0 Å². The number of carbonyl (C=O) groups excluding carboxylic acids is 1. The molecule has 1 aliphatic rings. The van der Waals surface area contributed by atoms with Crippen LogP contribution in [0.3, 0.4) is 0 Å². The van der Waals surface area contributed by atoms with Crippen molar-refractivity contribution in [1.29, 1.82) is 0 Å². The van der Waals surface area contributed by atoms with Gasteiger partial charge >= 0.3 is 6.18 Å². The number of nitrogens with one attached hydrogen (secondary N) is 1. The van der Waals surface area contributed by atoms with Gasteiger partial charge in [0.15, 0.2) is 0 Å². The Morgan fingerprint density at radius 3 is 2.19 bits per heavy atom. The van der Waals surface area contributed by atoms with Gasteiger partial charge in [-0.3, -0.25) is 9.69 Å². The van der Waals surface area contributed by atoms with E-state index in [2.05, 4.69) is 15.2 Å². The molecule has 0 radical (unpaired) electrons. The van der Waals surface area contributed by atoms with E-state index < -0.39 is 11.7 Å². The predicted octanol–water partition coefficient (Wildman–Crippen LogP) is 4.67. The molecule has 1 N–H and O–H groups in total. The van der Waals surface area contributed by atoms with Crippen molar-refractivity contribution in [3.8, 4) is 0 Å².